The lowest BCUT2D eigenvalue weighted by atomic mass is 10.2. The lowest BCUT2D eigenvalue weighted by molar-refractivity contribution is -0.0470. The van der Waals surface area contributed by atoms with Crippen LogP contribution >= 0.6 is 0 Å². The number of hydrogen-bond donors (Lipinski definition) is 1. The Balaban J connectivity index is 0. The van der Waals surface area contributed by atoms with Crippen LogP contribution < -0.4 is 0 Å². The van der Waals surface area contributed by atoms with Crippen molar-refractivity contribution < 1.29 is 9.60 Å². The summed E-state index contributed by atoms with van der Waals surface area (Å²) in [7, 11) is 0.500. The molecule has 1 N–H and O–H groups in total. The van der Waals surface area contributed by atoms with Gasteiger partial charge in [0.1, 0.15) is 0 Å². The smallest absolute Gasteiger partial charge is 0.0785 e. The third-order valence-electron chi connectivity index (χ3n) is 1.62. The molecule has 3 heteroatoms. The van der Waals surface area contributed by atoms with E-state index in [2.05, 4.69) is 6.58 Å². The Morgan fingerprint density at radius 1 is 1.27 bits per heavy atom. The van der Waals surface area contributed by atoms with E-state index in [0.29, 0.717) is 13.7 Å². The van der Waals surface area contributed by atoms with E-state index in [4.69, 9.17) is 0 Å². The SMILES string of the molecule is C=C(C)/C=C\C(=C(C)C)N(O)CC.CF. The zero-order chi connectivity index (χ0) is 12.4. The van der Waals surface area contributed by atoms with E-state index in [9.17, 15) is 9.60 Å². The molecule has 0 saturated heterocycles. The molecule has 0 aliphatic heterocycles. The Labute approximate surface area is 92.4 Å². The Morgan fingerprint density at radius 3 is 2.00 bits per heavy atom. The maximum Gasteiger partial charge on any atom is 0.0785 e. The van der Waals surface area contributed by atoms with Gasteiger partial charge in [-0.25, -0.2) is 0 Å². The van der Waals surface area contributed by atoms with Gasteiger partial charge >= 0.3 is 0 Å². The highest BCUT2D eigenvalue weighted by Crippen LogP contribution is 2.10. The summed E-state index contributed by atoms with van der Waals surface area (Å²) in [5.41, 5.74) is 2.90. The van der Waals surface area contributed by atoms with Gasteiger partial charge in [0.15, 0.2) is 0 Å². The number of alkyl halides is 1. The van der Waals surface area contributed by atoms with Gasteiger partial charge in [0, 0.05) is 6.54 Å². The number of hydroxylamine groups is 2. The van der Waals surface area contributed by atoms with Gasteiger partial charge in [-0.05, 0) is 33.8 Å². The number of allylic oxidation sites excluding steroid dienone is 4. The van der Waals surface area contributed by atoms with E-state index in [0.717, 1.165) is 16.8 Å². The largest absolute Gasteiger partial charge is 0.288 e. The van der Waals surface area contributed by atoms with E-state index in [1.54, 1.807) is 0 Å². The van der Waals surface area contributed by atoms with Crippen LogP contribution in [0.1, 0.15) is 27.7 Å². The maximum absolute atomic E-state index is 9.50. The minimum absolute atomic E-state index is 0.500. The van der Waals surface area contributed by atoms with E-state index >= 15 is 0 Å². The van der Waals surface area contributed by atoms with Gasteiger partial charge in [0.2, 0.25) is 0 Å². The Hall–Kier alpha value is -1.09. The normalized spacial score (nSPS) is 9.27. The fraction of sp³-hybridized carbons (Fsp3) is 0.500. The molecule has 0 rings (SSSR count). The highest BCUT2D eigenvalue weighted by atomic mass is 19.1. The highest BCUT2D eigenvalue weighted by Gasteiger charge is 2.01. The van der Waals surface area contributed by atoms with Gasteiger partial charge in [-0.3, -0.25) is 14.7 Å². The molecule has 0 aromatic carbocycles. The minimum atomic E-state index is 0.500. The van der Waals surface area contributed by atoms with Crippen molar-refractivity contribution in [2.24, 2.45) is 0 Å². The van der Waals surface area contributed by atoms with E-state index in [1.165, 1.54) is 5.06 Å². The number of nitrogens with zero attached hydrogens (tertiary/aromatic N) is 1. The second-order valence-corrected chi connectivity index (χ2v) is 3.28. The van der Waals surface area contributed by atoms with Crippen molar-refractivity contribution in [2.75, 3.05) is 13.7 Å². The van der Waals surface area contributed by atoms with Crippen LogP contribution in [-0.2, 0) is 0 Å². The predicted molar refractivity (Wildman–Crippen MR) is 63.5 cm³/mol. The van der Waals surface area contributed by atoms with Crippen LogP contribution in [0.25, 0.3) is 0 Å². The second kappa shape index (κ2) is 9.46. The first-order valence-electron chi connectivity index (χ1n) is 4.84. The molecule has 0 aromatic rings. The molecule has 0 atom stereocenters. The Morgan fingerprint density at radius 2 is 1.73 bits per heavy atom. The van der Waals surface area contributed by atoms with Gasteiger partial charge in [0.25, 0.3) is 0 Å². The zero-order valence-electron chi connectivity index (χ0n) is 10.3. The maximum atomic E-state index is 9.50. The molecule has 0 spiro atoms. The topological polar surface area (TPSA) is 23.5 Å². The molecule has 0 aromatic heterocycles. The molecule has 0 amide bonds. The van der Waals surface area contributed by atoms with Crippen LogP contribution in [0, 0.1) is 0 Å². The van der Waals surface area contributed by atoms with Crippen molar-refractivity contribution in [3.63, 3.8) is 0 Å². The molecule has 88 valence electrons. The minimum Gasteiger partial charge on any atom is -0.288 e. The van der Waals surface area contributed by atoms with Gasteiger partial charge < -0.3 is 0 Å². The summed E-state index contributed by atoms with van der Waals surface area (Å²) in [5, 5.41) is 10.7. The van der Waals surface area contributed by atoms with Crippen LogP contribution in [0.5, 0.6) is 0 Å². The summed E-state index contributed by atoms with van der Waals surface area (Å²) < 4.78 is 9.50. The molecular weight excluding hydrogens is 193 g/mol. The van der Waals surface area contributed by atoms with Crippen LogP contribution in [-0.4, -0.2) is 24.0 Å². The monoisotopic (exact) mass is 215 g/mol. The number of likely N-dealkylation sites (N-methyl/N-ethyl adjacent to an activating group) is 1. The fourth-order valence-corrected chi connectivity index (χ4v) is 0.902. The number of rotatable bonds is 4. The van der Waals surface area contributed by atoms with Crippen molar-refractivity contribution in [3.8, 4) is 0 Å². The lowest BCUT2D eigenvalue weighted by Gasteiger charge is -2.17. The van der Waals surface area contributed by atoms with E-state index in [1.807, 2.05) is 39.8 Å². The molecule has 0 radical (unpaired) electrons. The summed E-state index contributed by atoms with van der Waals surface area (Å²) in [6.07, 6.45) is 3.77. The average Bonchev–Trinajstić information content (AvgIpc) is 2.19. The fourth-order valence-electron chi connectivity index (χ4n) is 0.902. The van der Waals surface area contributed by atoms with Crippen LogP contribution in [0.3, 0.4) is 0 Å². The number of hydrogen-bond acceptors (Lipinski definition) is 2. The molecule has 0 aliphatic rings. The second-order valence-electron chi connectivity index (χ2n) is 3.28. The van der Waals surface area contributed by atoms with Gasteiger partial charge in [-0.2, -0.15) is 0 Å². The number of halogens is 1. The molecule has 0 heterocycles. The molecule has 0 fully saturated rings. The summed E-state index contributed by atoms with van der Waals surface area (Å²) in [5.74, 6) is 0. The van der Waals surface area contributed by atoms with E-state index < -0.39 is 0 Å². The standard InChI is InChI=1S/C11H19NO.CH3F/c1-6-12(13)11(10(4)5)8-7-9(2)3;1-2/h7-8,13H,2,6H2,1,3-5H3;1H3/b8-7-;. The third-order valence-corrected chi connectivity index (χ3v) is 1.62. The summed E-state index contributed by atoms with van der Waals surface area (Å²) in [4.78, 5) is 0. The molecule has 0 saturated carbocycles. The van der Waals surface area contributed by atoms with Crippen molar-refractivity contribution in [1.29, 1.82) is 0 Å². The van der Waals surface area contributed by atoms with Crippen molar-refractivity contribution >= 4 is 0 Å². The molecule has 2 nitrogen and oxygen atoms in total. The Bertz CT molecular complexity index is 240. The van der Waals surface area contributed by atoms with Crippen molar-refractivity contribution in [1.82, 2.24) is 5.06 Å². The van der Waals surface area contributed by atoms with Crippen LogP contribution in [0.15, 0.2) is 35.6 Å². The van der Waals surface area contributed by atoms with Gasteiger partial charge in [-0.1, -0.05) is 23.8 Å². The highest BCUT2D eigenvalue weighted by molar-refractivity contribution is 5.26. The summed E-state index contributed by atoms with van der Waals surface area (Å²) >= 11 is 0. The van der Waals surface area contributed by atoms with Crippen LogP contribution in [0.2, 0.25) is 0 Å². The first kappa shape index (κ1) is 16.3. The van der Waals surface area contributed by atoms with Crippen LogP contribution in [0.4, 0.5) is 4.39 Å². The lowest BCUT2D eigenvalue weighted by Crippen LogP contribution is -2.17. The van der Waals surface area contributed by atoms with Gasteiger partial charge in [0.05, 0.1) is 12.9 Å². The predicted octanol–water partition coefficient (Wildman–Crippen LogP) is 3.71. The summed E-state index contributed by atoms with van der Waals surface area (Å²) in [6, 6.07) is 0. The average molecular weight is 215 g/mol. The quantitative estimate of drug-likeness (QED) is 0.571. The summed E-state index contributed by atoms with van der Waals surface area (Å²) in [6.45, 7) is 12.1. The first-order chi connectivity index (χ1) is 6.99. The molecule has 0 aliphatic carbocycles. The third kappa shape index (κ3) is 7.94. The zero-order valence-corrected chi connectivity index (χ0v) is 10.3. The first-order valence-corrected chi connectivity index (χ1v) is 4.84. The van der Waals surface area contributed by atoms with Crippen molar-refractivity contribution in [3.05, 3.63) is 35.6 Å². The molecule has 0 bridgehead atoms. The van der Waals surface area contributed by atoms with Crippen molar-refractivity contribution in [2.45, 2.75) is 27.7 Å². The molecule has 0 unspecified atom stereocenters. The Kier molecular flexibility index (Phi) is 10.3. The molecule has 15 heavy (non-hydrogen) atoms. The van der Waals surface area contributed by atoms with Gasteiger partial charge in [-0.15, -0.1) is 0 Å². The molecular formula is C12H22FNO. The van der Waals surface area contributed by atoms with E-state index in [-0.39, 0.29) is 0 Å².